The first-order valence-electron chi connectivity index (χ1n) is 10.3. The third kappa shape index (κ3) is 7.06. The van der Waals surface area contributed by atoms with Gasteiger partial charge in [0.15, 0.2) is 0 Å². The topological polar surface area (TPSA) is 35.6 Å². The van der Waals surface area contributed by atoms with Crippen LogP contribution in [0.4, 0.5) is 8.78 Å². The average molecular weight is 452 g/mol. The number of rotatable bonds is 6. The smallest absolute Gasteiger partial charge is 0.222 e. The van der Waals surface area contributed by atoms with Gasteiger partial charge < -0.3 is 10.2 Å². The predicted molar refractivity (Wildman–Crippen MR) is 117 cm³/mol. The van der Waals surface area contributed by atoms with Crippen LogP contribution in [0.15, 0.2) is 18.2 Å². The van der Waals surface area contributed by atoms with Crippen molar-refractivity contribution in [1.29, 1.82) is 0 Å². The molecule has 0 saturated carbocycles. The Morgan fingerprint density at radius 1 is 1.14 bits per heavy atom. The lowest BCUT2D eigenvalue weighted by atomic mass is 9.93. The summed E-state index contributed by atoms with van der Waals surface area (Å²) in [7, 11) is 0. The van der Waals surface area contributed by atoms with Gasteiger partial charge in [-0.1, -0.05) is 13.0 Å². The fraction of sp³-hybridized carbons (Fsp3) is 0.667. The molecule has 1 N–H and O–H groups in total. The summed E-state index contributed by atoms with van der Waals surface area (Å²) >= 11 is 0. The second-order valence-corrected chi connectivity index (χ2v) is 7.74. The van der Waals surface area contributed by atoms with Crippen LogP contribution in [0.1, 0.15) is 50.6 Å². The Hall–Kier alpha value is -0.950. The van der Waals surface area contributed by atoms with Crippen LogP contribution in [0.25, 0.3) is 0 Å². The standard InChI is InChI=1S/C21H31F2N3O.2ClH/c1-2-20(18-5-4-17(22)15-19(18)23)25-11-13-26(14-12-25)21(27)6-3-16-7-9-24-10-8-16;;/h4-5,15-16,20,24H,2-3,6-14H2,1H3;2*1H. The van der Waals surface area contributed by atoms with Crippen LogP contribution in [-0.4, -0.2) is 55.0 Å². The van der Waals surface area contributed by atoms with E-state index in [0.717, 1.165) is 45.1 Å². The van der Waals surface area contributed by atoms with Gasteiger partial charge in [-0.3, -0.25) is 9.69 Å². The molecule has 166 valence electrons. The van der Waals surface area contributed by atoms with E-state index in [1.165, 1.54) is 18.9 Å². The van der Waals surface area contributed by atoms with Crippen LogP contribution in [0.5, 0.6) is 0 Å². The van der Waals surface area contributed by atoms with E-state index in [-0.39, 0.29) is 36.8 Å². The molecule has 2 saturated heterocycles. The summed E-state index contributed by atoms with van der Waals surface area (Å²) < 4.78 is 27.4. The summed E-state index contributed by atoms with van der Waals surface area (Å²) in [4.78, 5) is 16.7. The van der Waals surface area contributed by atoms with Gasteiger partial charge in [-0.25, -0.2) is 8.78 Å². The van der Waals surface area contributed by atoms with E-state index >= 15 is 0 Å². The Morgan fingerprint density at radius 2 is 1.79 bits per heavy atom. The molecule has 1 amide bonds. The zero-order valence-corrected chi connectivity index (χ0v) is 18.7. The van der Waals surface area contributed by atoms with E-state index in [1.807, 2.05) is 11.8 Å². The molecule has 0 aromatic heterocycles. The first kappa shape index (κ1) is 26.1. The lowest BCUT2D eigenvalue weighted by Gasteiger charge is -2.39. The monoisotopic (exact) mass is 451 g/mol. The predicted octanol–water partition coefficient (Wildman–Crippen LogP) is 4.18. The Labute approximate surface area is 185 Å². The van der Waals surface area contributed by atoms with Gasteiger partial charge in [0.2, 0.25) is 5.91 Å². The van der Waals surface area contributed by atoms with E-state index in [1.54, 1.807) is 6.07 Å². The van der Waals surface area contributed by atoms with E-state index in [0.29, 0.717) is 31.0 Å². The van der Waals surface area contributed by atoms with Crippen LogP contribution in [0.3, 0.4) is 0 Å². The van der Waals surface area contributed by atoms with Crippen LogP contribution in [-0.2, 0) is 4.79 Å². The first-order chi connectivity index (χ1) is 13.1. The van der Waals surface area contributed by atoms with Crippen molar-refractivity contribution in [3.8, 4) is 0 Å². The van der Waals surface area contributed by atoms with Crippen LogP contribution >= 0.6 is 24.8 Å². The van der Waals surface area contributed by atoms with Gasteiger partial charge in [-0.15, -0.1) is 24.8 Å². The van der Waals surface area contributed by atoms with Crippen molar-refractivity contribution in [2.45, 2.75) is 45.1 Å². The molecule has 0 aliphatic carbocycles. The molecule has 2 aliphatic rings. The Bertz CT molecular complexity index is 636. The van der Waals surface area contributed by atoms with Gasteiger partial charge >= 0.3 is 0 Å². The van der Waals surface area contributed by atoms with E-state index < -0.39 is 11.6 Å². The summed E-state index contributed by atoms with van der Waals surface area (Å²) in [5.41, 5.74) is 0.546. The maximum atomic E-state index is 14.2. The van der Waals surface area contributed by atoms with E-state index in [2.05, 4.69) is 10.2 Å². The van der Waals surface area contributed by atoms with Crippen molar-refractivity contribution in [3.05, 3.63) is 35.4 Å². The molecule has 2 fully saturated rings. The highest BCUT2D eigenvalue weighted by molar-refractivity contribution is 5.85. The molecule has 2 heterocycles. The minimum atomic E-state index is -0.546. The summed E-state index contributed by atoms with van der Waals surface area (Å²) in [5, 5.41) is 3.36. The minimum absolute atomic E-state index is 0. The number of hydrogen-bond acceptors (Lipinski definition) is 3. The maximum Gasteiger partial charge on any atom is 0.222 e. The third-order valence-electron chi connectivity index (χ3n) is 6.04. The van der Waals surface area contributed by atoms with Gasteiger partial charge in [0.05, 0.1) is 0 Å². The zero-order valence-electron chi connectivity index (χ0n) is 17.0. The number of benzene rings is 1. The quantitative estimate of drug-likeness (QED) is 0.704. The van der Waals surface area contributed by atoms with E-state index in [4.69, 9.17) is 0 Å². The summed E-state index contributed by atoms with van der Waals surface area (Å²) in [6.07, 6.45) is 4.71. The summed E-state index contributed by atoms with van der Waals surface area (Å²) in [6, 6.07) is 3.76. The molecule has 1 atom stereocenters. The molecule has 2 aliphatic heterocycles. The Kier molecular flexibility index (Phi) is 11.4. The number of carbonyl (C=O) groups excluding carboxylic acids is 1. The molecule has 0 spiro atoms. The number of hydrogen-bond donors (Lipinski definition) is 1. The van der Waals surface area contributed by atoms with Gasteiger partial charge in [0.1, 0.15) is 11.6 Å². The molecular weight excluding hydrogens is 419 g/mol. The highest BCUT2D eigenvalue weighted by Gasteiger charge is 2.28. The highest BCUT2D eigenvalue weighted by atomic mass is 35.5. The van der Waals surface area contributed by atoms with Crippen molar-refractivity contribution in [2.24, 2.45) is 5.92 Å². The van der Waals surface area contributed by atoms with Gasteiger partial charge in [-0.05, 0) is 50.8 Å². The molecule has 29 heavy (non-hydrogen) atoms. The lowest BCUT2D eigenvalue weighted by molar-refractivity contribution is -0.133. The number of nitrogens with one attached hydrogen (secondary N) is 1. The fourth-order valence-corrected chi connectivity index (χ4v) is 4.39. The van der Waals surface area contributed by atoms with Gasteiger partial charge in [-0.2, -0.15) is 0 Å². The average Bonchev–Trinajstić information content (AvgIpc) is 2.69. The van der Waals surface area contributed by atoms with Crippen LogP contribution < -0.4 is 5.32 Å². The SMILES string of the molecule is CCC(c1ccc(F)cc1F)N1CCN(C(=O)CCC2CCNCC2)CC1.Cl.Cl. The maximum absolute atomic E-state index is 14.2. The number of amides is 1. The van der Waals surface area contributed by atoms with E-state index in [9.17, 15) is 13.6 Å². The molecule has 4 nitrogen and oxygen atoms in total. The zero-order chi connectivity index (χ0) is 19.2. The Morgan fingerprint density at radius 3 is 2.38 bits per heavy atom. The first-order valence-corrected chi connectivity index (χ1v) is 10.3. The molecular formula is C21H33Cl2F2N3O. The summed E-state index contributed by atoms with van der Waals surface area (Å²) in [6.45, 7) is 6.98. The molecule has 0 radical (unpaired) electrons. The molecule has 1 unspecified atom stereocenters. The summed E-state index contributed by atoms with van der Waals surface area (Å²) in [5.74, 6) is -0.116. The molecule has 1 aromatic rings. The third-order valence-corrected chi connectivity index (χ3v) is 6.04. The van der Waals surface area contributed by atoms with Crippen molar-refractivity contribution in [2.75, 3.05) is 39.3 Å². The molecule has 1 aromatic carbocycles. The number of carbonyl (C=O) groups is 1. The number of nitrogens with zero attached hydrogens (tertiary/aromatic N) is 2. The van der Waals surface area contributed by atoms with Crippen molar-refractivity contribution in [3.63, 3.8) is 0 Å². The minimum Gasteiger partial charge on any atom is -0.340 e. The normalized spacial score (nSPS) is 19.2. The van der Waals surface area contributed by atoms with Crippen molar-refractivity contribution in [1.82, 2.24) is 15.1 Å². The molecule has 0 bridgehead atoms. The molecule has 8 heteroatoms. The lowest BCUT2D eigenvalue weighted by Crippen LogP contribution is -2.49. The van der Waals surface area contributed by atoms with Gasteiger partial charge in [0.25, 0.3) is 0 Å². The van der Waals surface area contributed by atoms with Crippen molar-refractivity contribution < 1.29 is 13.6 Å². The van der Waals surface area contributed by atoms with Crippen LogP contribution in [0.2, 0.25) is 0 Å². The van der Waals surface area contributed by atoms with Crippen molar-refractivity contribution >= 4 is 30.7 Å². The fourth-order valence-electron chi connectivity index (χ4n) is 4.39. The number of piperidine rings is 1. The number of piperazine rings is 1. The van der Waals surface area contributed by atoms with Gasteiger partial charge in [0, 0.05) is 50.3 Å². The molecule has 3 rings (SSSR count). The number of halogens is 4. The largest absolute Gasteiger partial charge is 0.340 e. The Balaban J connectivity index is 0.00000210. The van der Waals surface area contributed by atoms with Crippen LogP contribution in [0, 0.1) is 17.6 Å². The second kappa shape index (κ2) is 12.7. The second-order valence-electron chi connectivity index (χ2n) is 7.74. The highest BCUT2D eigenvalue weighted by Crippen LogP contribution is 2.28.